The molecule has 0 aliphatic carbocycles. The molecule has 2 aromatic rings. The summed E-state index contributed by atoms with van der Waals surface area (Å²) in [5.74, 6) is 1.81. The predicted molar refractivity (Wildman–Crippen MR) is 74.1 cm³/mol. The molecule has 0 fully saturated rings. The van der Waals surface area contributed by atoms with Crippen LogP contribution in [0.4, 0.5) is 5.95 Å². The number of halogens is 1. The molecule has 5 heteroatoms. The summed E-state index contributed by atoms with van der Waals surface area (Å²) >= 11 is 5.88. The Morgan fingerprint density at radius 1 is 1.17 bits per heavy atom. The Kier molecular flexibility index (Phi) is 4.20. The minimum Gasteiger partial charge on any atom is -0.355 e. The smallest absolute Gasteiger partial charge is 0.224 e. The maximum absolute atomic E-state index is 5.88. The van der Waals surface area contributed by atoms with Gasteiger partial charge in [-0.25, -0.2) is 0 Å². The Morgan fingerprint density at radius 3 is 2.50 bits per heavy atom. The van der Waals surface area contributed by atoms with Crippen molar-refractivity contribution in [1.82, 2.24) is 14.8 Å². The molecule has 1 aromatic heterocycles. The molecule has 0 saturated carbocycles. The van der Waals surface area contributed by atoms with E-state index in [4.69, 9.17) is 11.6 Å². The monoisotopic (exact) mass is 264 g/mol. The van der Waals surface area contributed by atoms with E-state index in [1.54, 1.807) is 0 Å². The summed E-state index contributed by atoms with van der Waals surface area (Å²) in [6, 6.07) is 7.83. The average molecular weight is 265 g/mol. The highest BCUT2D eigenvalue weighted by Crippen LogP contribution is 2.15. The molecule has 0 saturated heterocycles. The van der Waals surface area contributed by atoms with Crippen LogP contribution in [0.5, 0.6) is 0 Å². The van der Waals surface area contributed by atoms with E-state index in [0.29, 0.717) is 0 Å². The van der Waals surface area contributed by atoms with Crippen molar-refractivity contribution >= 4 is 17.5 Å². The maximum Gasteiger partial charge on any atom is 0.224 e. The van der Waals surface area contributed by atoms with Gasteiger partial charge in [0.15, 0.2) is 0 Å². The number of nitrogens with zero attached hydrogens (tertiary/aromatic N) is 3. The fourth-order valence-electron chi connectivity index (χ4n) is 1.87. The number of hydrogen-bond acceptors (Lipinski definition) is 3. The first-order valence-electron chi connectivity index (χ1n) is 6.15. The molecule has 0 aliphatic heterocycles. The number of benzene rings is 1. The van der Waals surface area contributed by atoms with E-state index in [1.165, 1.54) is 5.56 Å². The van der Waals surface area contributed by atoms with Crippen molar-refractivity contribution in [3.8, 4) is 0 Å². The van der Waals surface area contributed by atoms with E-state index < -0.39 is 0 Å². The summed E-state index contributed by atoms with van der Waals surface area (Å²) in [5, 5.41) is 12.4. The van der Waals surface area contributed by atoms with E-state index in [9.17, 15) is 0 Å². The summed E-state index contributed by atoms with van der Waals surface area (Å²) in [4.78, 5) is 0. The van der Waals surface area contributed by atoms with E-state index >= 15 is 0 Å². The second kappa shape index (κ2) is 5.87. The molecule has 0 unspecified atom stereocenters. The second-order valence-electron chi connectivity index (χ2n) is 4.02. The van der Waals surface area contributed by atoms with E-state index in [-0.39, 0.29) is 0 Å². The molecule has 0 bridgehead atoms. The molecule has 1 N–H and O–H groups in total. The van der Waals surface area contributed by atoms with Crippen LogP contribution in [0, 0.1) is 0 Å². The maximum atomic E-state index is 5.88. The highest BCUT2D eigenvalue weighted by molar-refractivity contribution is 6.30. The predicted octanol–water partition coefficient (Wildman–Crippen LogP) is 2.97. The first-order valence-corrected chi connectivity index (χ1v) is 6.52. The Balaban J connectivity index is 2.20. The molecule has 1 heterocycles. The Morgan fingerprint density at radius 2 is 1.89 bits per heavy atom. The lowest BCUT2D eigenvalue weighted by Gasteiger charge is -2.08. The van der Waals surface area contributed by atoms with Crippen molar-refractivity contribution in [2.24, 2.45) is 0 Å². The van der Waals surface area contributed by atoms with Gasteiger partial charge in [-0.1, -0.05) is 23.7 Å². The summed E-state index contributed by atoms with van der Waals surface area (Å²) in [7, 11) is 0. The van der Waals surface area contributed by atoms with Crippen LogP contribution in [0.2, 0.25) is 5.02 Å². The minimum atomic E-state index is 0.754. The van der Waals surface area contributed by atoms with Crippen LogP contribution in [0.1, 0.15) is 25.2 Å². The van der Waals surface area contributed by atoms with E-state index in [0.717, 1.165) is 36.3 Å². The fourth-order valence-corrected chi connectivity index (χ4v) is 2.00. The molecule has 2 rings (SSSR count). The van der Waals surface area contributed by atoms with Crippen molar-refractivity contribution in [3.63, 3.8) is 0 Å². The second-order valence-corrected chi connectivity index (χ2v) is 4.45. The molecule has 0 atom stereocenters. The summed E-state index contributed by atoms with van der Waals surface area (Å²) in [6.45, 7) is 5.85. The van der Waals surface area contributed by atoms with Crippen molar-refractivity contribution < 1.29 is 0 Å². The van der Waals surface area contributed by atoms with Gasteiger partial charge in [0.1, 0.15) is 5.82 Å². The van der Waals surface area contributed by atoms with Gasteiger partial charge in [-0.05, 0) is 31.5 Å². The van der Waals surface area contributed by atoms with Crippen LogP contribution in [-0.2, 0) is 13.0 Å². The van der Waals surface area contributed by atoms with Crippen LogP contribution in [0.25, 0.3) is 0 Å². The summed E-state index contributed by atoms with van der Waals surface area (Å²) < 4.78 is 2.10. The third-order valence-electron chi connectivity index (χ3n) is 2.75. The molecular formula is C13H17ClN4. The normalized spacial score (nSPS) is 10.6. The zero-order valence-corrected chi connectivity index (χ0v) is 11.4. The third kappa shape index (κ3) is 2.82. The van der Waals surface area contributed by atoms with Gasteiger partial charge >= 0.3 is 0 Å². The quantitative estimate of drug-likeness (QED) is 0.903. The van der Waals surface area contributed by atoms with Crippen LogP contribution in [-0.4, -0.2) is 21.3 Å². The van der Waals surface area contributed by atoms with Crippen molar-refractivity contribution in [3.05, 3.63) is 40.7 Å². The molecule has 96 valence electrons. The molecule has 0 spiro atoms. The van der Waals surface area contributed by atoms with Gasteiger partial charge < -0.3 is 5.32 Å². The van der Waals surface area contributed by atoms with Gasteiger partial charge in [-0.2, -0.15) is 0 Å². The van der Waals surface area contributed by atoms with Gasteiger partial charge in [0.25, 0.3) is 0 Å². The summed E-state index contributed by atoms with van der Waals surface area (Å²) in [6.07, 6.45) is 0.767. The highest BCUT2D eigenvalue weighted by Gasteiger charge is 2.10. The highest BCUT2D eigenvalue weighted by atomic mass is 35.5. The van der Waals surface area contributed by atoms with Crippen LogP contribution < -0.4 is 5.32 Å². The molecule has 0 radical (unpaired) electrons. The van der Waals surface area contributed by atoms with E-state index in [1.807, 2.05) is 31.2 Å². The van der Waals surface area contributed by atoms with Crippen LogP contribution >= 0.6 is 11.6 Å². The molecular weight excluding hydrogens is 248 g/mol. The van der Waals surface area contributed by atoms with Crippen molar-refractivity contribution in [1.29, 1.82) is 0 Å². The minimum absolute atomic E-state index is 0.754. The molecule has 1 aromatic carbocycles. The number of nitrogens with one attached hydrogen (secondary N) is 1. The SMILES string of the molecule is CCNc1nnc(Cc2ccc(Cl)cc2)n1CC. The average Bonchev–Trinajstić information content (AvgIpc) is 2.75. The first-order chi connectivity index (χ1) is 8.74. The molecule has 0 amide bonds. The first kappa shape index (κ1) is 12.9. The fraction of sp³-hybridized carbons (Fsp3) is 0.385. The lowest BCUT2D eigenvalue weighted by molar-refractivity contribution is 0.716. The topological polar surface area (TPSA) is 42.7 Å². The Hall–Kier alpha value is -1.55. The largest absolute Gasteiger partial charge is 0.355 e. The Labute approximate surface area is 112 Å². The summed E-state index contributed by atoms with van der Waals surface area (Å²) in [5.41, 5.74) is 1.18. The van der Waals surface area contributed by atoms with Crippen molar-refractivity contribution in [2.75, 3.05) is 11.9 Å². The van der Waals surface area contributed by atoms with Gasteiger partial charge in [-0.15, -0.1) is 10.2 Å². The van der Waals surface area contributed by atoms with Crippen LogP contribution in [0.15, 0.2) is 24.3 Å². The van der Waals surface area contributed by atoms with E-state index in [2.05, 4.69) is 27.0 Å². The number of anilines is 1. The molecule has 0 aliphatic rings. The van der Waals surface area contributed by atoms with Crippen molar-refractivity contribution in [2.45, 2.75) is 26.8 Å². The zero-order chi connectivity index (χ0) is 13.0. The number of rotatable bonds is 5. The number of hydrogen-bond donors (Lipinski definition) is 1. The molecule has 4 nitrogen and oxygen atoms in total. The lowest BCUT2D eigenvalue weighted by Crippen LogP contribution is -2.08. The third-order valence-corrected chi connectivity index (χ3v) is 3.01. The molecule has 18 heavy (non-hydrogen) atoms. The van der Waals surface area contributed by atoms with Gasteiger partial charge in [0, 0.05) is 24.5 Å². The van der Waals surface area contributed by atoms with Gasteiger partial charge in [0.2, 0.25) is 5.95 Å². The lowest BCUT2D eigenvalue weighted by atomic mass is 10.1. The van der Waals surface area contributed by atoms with Crippen LogP contribution in [0.3, 0.4) is 0 Å². The zero-order valence-electron chi connectivity index (χ0n) is 10.7. The standard InChI is InChI=1S/C13H17ClN4/c1-3-15-13-17-16-12(18(13)4-2)9-10-5-7-11(14)8-6-10/h5-8H,3-4,9H2,1-2H3,(H,15,17). The number of aromatic nitrogens is 3. The Bertz CT molecular complexity index is 504. The van der Waals surface area contributed by atoms with Gasteiger partial charge in [0.05, 0.1) is 0 Å². The van der Waals surface area contributed by atoms with Gasteiger partial charge in [-0.3, -0.25) is 4.57 Å².